The number of hydrogen-bond donors (Lipinski definition) is 1. The maximum Gasteiger partial charge on any atom is 0.0386 e. The van der Waals surface area contributed by atoms with Crippen LogP contribution in [0.5, 0.6) is 0 Å². The minimum atomic E-state index is 0.866. The van der Waals surface area contributed by atoms with Crippen molar-refractivity contribution in [2.75, 3.05) is 33.5 Å². The fraction of sp³-hybridized carbons (Fsp3) is 0.480. The fourth-order valence-corrected chi connectivity index (χ4v) is 3.42. The van der Waals surface area contributed by atoms with Crippen molar-refractivity contribution in [3.05, 3.63) is 65.7 Å². The SMILES string of the molecule is CN=C(C)c1ccccc1.CNc1ccc(C)cc1.C[C@H]1CCC[C@H]1N(C)C. The molecule has 0 aromatic heterocycles. The molecule has 3 rings (SSSR count). The molecule has 1 fully saturated rings. The molecule has 1 aliphatic carbocycles. The molecule has 154 valence electrons. The summed E-state index contributed by atoms with van der Waals surface area (Å²) in [5, 5.41) is 3.05. The van der Waals surface area contributed by atoms with Crippen LogP contribution in [0.1, 0.15) is 44.2 Å². The third-order valence-corrected chi connectivity index (χ3v) is 5.35. The molecule has 2 atom stereocenters. The maximum absolute atomic E-state index is 4.08. The van der Waals surface area contributed by atoms with Crippen LogP contribution >= 0.6 is 0 Å². The minimum absolute atomic E-state index is 0.866. The number of anilines is 1. The summed E-state index contributed by atoms with van der Waals surface area (Å²) in [6, 6.07) is 19.3. The Balaban J connectivity index is 0.000000210. The van der Waals surface area contributed by atoms with E-state index >= 15 is 0 Å². The largest absolute Gasteiger partial charge is 0.388 e. The van der Waals surface area contributed by atoms with Crippen molar-refractivity contribution < 1.29 is 0 Å². The van der Waals surface area contributed by atoms with E-state index in [-0.39, 0.29) is 0 Å². The smallest absolute Gasteiger partial charge is 0.0386 e. The van der Waals surface area contributed by atoms with Gasteiger partial charge in [-0.3, -0.25) is 4.99 Å². The number of nitrogens with one attached hydrogen (secondary N) is 1. The predicted molar refractivity (Wildman–Crippen MR) is 126 cm³/mol. The van der Waals surface area contributed by atoms with E-state index in [9.17, 15) is 0 Å². The normalized spacial score (nSPS) is 18.6. The first-order valence-corrected chi connectivity index (χ1v) is 10.3. The zero-order valence-electron chi connectivity index (χ0n) is 18.9. The van der Waals surface area contributed by atoms with Gasteiger partial charge in [0.05, 0.1) is 0 Å². The summed E-state index contributed by atoms with van der Waals surface area (Å²) < 4.78 is 0. The standard InChI is InChI=1S/C9H11N.C8H17N.C8H11N/c1-8(10-2)9-6-4-3-5-7-9;1-7-5-4-6-8(7)9(2)3;1-7-3-5-8(9-2)6-4-7/h3-7H,1-2H3;7-8H,4-6H2,1-3H3;3-6,9H,1-2H3/t;7-,8+;/m.0./s1. The quantitative estimate of drug-likeness (QED) is 0.670. The maximum atomic E-state index is 4.08. The highest BCUT2D eigenvalue weighted by molar-refractivity contribution is 5.98. The van der Waals surface area contributed by atoms with Gasteiger partial charge in [0, 0.05) is 31.5 Å². The molecule has 1 aliphatic rings. The monoisotopic (exact) mass is 381 g/mol. The molecule has 0 amide bonds. The van der Waals surface area contributed by atoms with Crippen molar-refractivity contribution in [3.8, 4) is 0 Å². The predicted octanol–water partition coefficient (Wildman–Crippen LogP) is 5.90. The molecule has 0 spiro atoms. The number of aryl methyl sites for hydroxylation is 1. The van der Waals surface area contributed by atoms with E-state index in [4.69, 9.17) is 0 Å². The molecule has 2 aromatic carbocycles. The molecule has 2 aromatic rings. The molecular weight excluding hydrogens is 342 g/mol. The highest BCUT2D eigenvalue weighted by Gasteiger charge is 2.24. The van der Waals surface area contributed by atoms with Crippen molar-refractivity contribution in [2.45, 2.75) is 46.1 Å². The molecule has 28 heavy (non-hydrogen) atoms. The summed E-state index contributed by atoms with van der Waals surface area (Å²) in [6.07, 6.45) is 4.28. The summed E-state index contributed by atoms with van der Waals surface area (Å²) in [5.41, 5.74) is 4.75. The van der Waals surface area contributed by atoms with E-state index < -0.39 is 0 Å². The number of benzene rings is 2. The highest BCUT2D eigenvalue weighted by Crippen LogP contribution is 2.27. The summed E-state index contributed by atoms with van der Waals surface area (Å²) in [5.74, 6) is 0.931. The van der Waals surface area contributed by atoms with Crippen molar-refractivity contribution in [3.63, 3.8) is 0 Å². The Kier molecular flexibility index (Phi) is 11.2. The summed E-state index contributed by atoms with van der Waals surface area (Å²) in [6.45, 7) is 6.45. The molecule has 0 heterocycles. The van der Waals surface area contributed by atoms with Gasteiger partial charge in [0.15, 0.2) is 0 Å². The lowest BCUT2D eigenvalue weighted by Crippen LogP contribution is -2.29. The molecule has 1 saturated carbocycles. The van der Waals surface area contributed by atoms with Crippen LogP contribution in [0.2, 0.25) is 0 Å². The average molecular weight is 382 g/mol. The zero-order valence-corrected chi connectivity index (χ0v) is 18.9. The van der Waals surface area contributed by atoms with Crippen LogP contribution in [0.3, 0.4) is 0 Å². The molecular formula is C25H39N3. The lowest BCUT2D eigenvalue weighted by molar-refractivity contribution is 0.249. The van der Waals surface area contributed by atoms with Gasteiger partial charge in [0.25, 0.3) is 0 Å². The van der Waals surface area contributed by atoms with Gasteiger partial charge in [-0.1, -0.05) is 61.4 Å². The van der Waals surface area contributed by atoms with Crippen LogP contribution in [0.15, 0.2) is 59.6 Å². The average Bonchev–Trinajstić information content (AvgIpc) is 3.16. The second kappa shape index (κ2) is 13.1. The first kappa shape index (κ1) is 23.9. The summed E-state index contributed by atoms with van der Waals surface area (Å²) in [4.78, 5) is 6.43. The Morgan fingerprint density at radius 2 is 1.61 bits per heavy atom. The van der Waals surface area contributed by atoms with E-state index in [1.54, 1.807) is 0 Å². The van der Waals surface area contributed by atoms with Gasteiger partial charge in [-0.15, -0.1) is 0 Å². The second-order valence-corrected chi connectivity index (χ2v) is 7.73. The van der Waals surface area contributed by atoms with Crippen molar-refractivity contribution in [1.82, 2.24) is 4.90 Å². The Hall–Kier alpha value is -2.13. The van der Waals surface area contributed by atoms with E-state index in [0.717, 1.165) is 17.7 Å². The van der Waals surface area contributed by atoms with E-state index in [1.807, 2.05) is 39.2 Å². The Bertz CT molecular complexity index is 675. The van der Waals surface area contributed by atoms with Gasteiger partial charge in [0.2, 0.25) is 0 Å². The van der Waals surface area contributed by atoms with Crippen molar-refractivity contribution in [1.29, 1.82) is 0 Å². The van der Waals surface area contributed by atoms with Crippen LogP contribution in [-0.2, 0) is 0 Å². The number of aliphatic imine (C=N–C) groups is 1. The molecule has 0 bridgehead atoms. The summed E-state index contributed by atoms with van der Waals surface area (Å²) >= 11 is 0. The fourth-order valence-electron chi connectivity index (χ4n) is 3.42. The van der Waals surface area contributed by atoms with E-state index in [0.29, 0.717) is 0 Å². The van der Waals surface area contributed by atoms with Crippen LogP contribution in [-0.4, -0.2) is 44.8 Å². The first-order valence-electron chi connectivity index (χ1n) is 10.3. The molecule has 0 radical (unpaired) electrons. The Morgan fingerprint density at radius 3 is 2.00 bits per heavy atom. The lowest BCUT2D eigenvalue weighted by Gasteiger charge is -2.22. The third kappa shape index (κ3) is 8.71. The van der Waals surface area contributed by atoms with E-state index in [2.05, 4.69) is 79.6 Å². The van der Waals surface area contributed by atoms with Gasteiger partial charge in [-0.2, -0.15) is 0 Å². The molecule has 3 nitrogen and oxygen atoms in total. The van der Waals surface area contributed by atoms with Crippen LogP contribution in [0.25, 0.3) is 0 Å². The minimum Gasteiger partial charge on any atom is -0.388 e. The zero-order chi connectivity index (χ0) is 20.9. The lowest BCUT2D eigenvalue weighted by atomic mass is 10.1. The van der Waals surface area contributed by atoms with Gasteiger partial charge in [0.1, 0.15) is 0 Å². The van der Waals surface area contributed by atoms with Crippen LogP contribution < -0.4 is 5.32 Å². The van der Waals surface area contributed by atoms with Crippen molar-refractivity contribution >= 4 is 11.4 Å². The summed E-state index contributed by atoms with van der Waals surface area (Å²) in [7, 11) is 8.10. The van der Waals surface area contributed by atoms with Gasteiger partial charge in [-0.05, 0) is 64.4 Å². The number of hydrogen-bond acceptors (Lipinski definition) is 3. The third-order valence-electron chi connectivity index (χ3n) is 5.35. The van der Waals surface area contributed by atoms with Crippen LogP contribution in [0, 0.1) is 12.8 Å². The molecule has 0 saturated heterocycles. The Morgan fingerprint density at radius 1 is 1.00 bits per heavy atom. The molecule has 0 aliphatic heterocycles. The number of rotatable bonds is 3. The van der Waals surface area contributed by atoms with Gasteiger partial charge >= 0.3 is 0 Å². The van der Waals surface area contributed by atoms with Gasteiger partial charge in [-0.25, -0.2) is 0 Å². The van der Waals surface area contributed by atoms with Gasteiger partial charge < -0.3 is 10.2 Å². The highest BCUT2D eigenvalue weighted by atomic mass is 15.1. The van der Waals surface area contributed by atoms with Crippen molar-refractivity contribution in [2.24, 2.45) is 10.9 Å². The molecule has 0 unspecified atom stereocenters. The Labute approximate surface area is 172 Å². The first-order chi connectivity index (χ1) is 13.4. The number of nitrogens with zero attached hydrogens (tertiary/aromatic N) is 2. The molecule has 3 heteroatoms. The van der Waals surface area contributed by atoms with E-state index in [1.165, 1.54) is 36.1 Å². The second-order valence-electron chi connectivity index (χ2n) is 7.73. The molecule has 1 N–H and O–H groups in total. The topological polar surface area (TPSA) is 27.6 Å². The van der Waals surface area contributed by atoms with Crippen LogP contribution in [0.4, 0.5) is 5.69 Å².